The lowest BCUT2D eigenvalue weighted by Crippen LogP contribution is -2.20. The van der Waals surface area contributed by atoms with Gasteiger partial charge in [0.2, 0.25) is 5.91 Å². The number of amides is 1. The van der Waals surface area contributed by atoms with E-state index in [-0.39, 0.29) is 11.9 Å². The number of benzene rings is 2. The highest BCUT2D eigenvalue weighted by Gasteiger charge is 2.19. The van der Waals surface area contributed by atoms with Gasteiger partial charge in [0, 0.05) is 29.6 Å². The summed E-state index contributed by atoms with van der Waals surface area (Å²) in [5.74, 6) is -0.508. The van der Waals surface area contributed by atoms with E-state index < -0.39 is 0 Å². The number of carbonyl (C=O) groups is 2. The summed E-state index contributed by atoms with van der Waals surface area (Å²) in [4.78, 5) is 23.8. The quantitative estimate of drug-likeness (QED) is 0.386. The molecule has 0 saturated carbocycles. The molecule has 1 aliphatic rings. The van der Waals surface area contributed by atoms with Gasteiger partial charge < -0.3 is 9.30 Å². The van der Waals surface area contributed by atoms with Gasteiger partial charge in [0.15, 0.2) is 0 Å². The van der Waals surface area contributed by atoms with Crippen molar-refractivity contribution in [2.75, 3.05) is 7.11 Å². The van der Waals surface area contributed by atoms with Crippen LogP contribution in [0.15, 0.2) is 53.6 Å². The van der Waals surface area contributed by atoms with Crippen LogP contribution in [-0.4, -0.2) is 29.8 Å². The summed E-state index contributed by atoms with van der Waals surface area (Å²) in [5, 5.41) is 5.36. The van der Waals surface area contributed by atoms with E-state index in [0.717, 1.165) is 18.4 Å². The fraction of sp³-hybridized carbons (Fsp3) is 0.292. The molecule has 0 fully saturated rings. The lowest BCUT2D eigenvalue weighted by molar-refractivity contribution is -0.121. The molecule has 1 heterocycles. The van der Waals surface area contributed by atoms with Crippen molar-refractivity contribution < 1.29 is 14.3 Å². The number of hydrogen-bond donors (Lipinski definition) is 1. The molecular weight excluding hydrogens is 378 g/mol. The molecule has 0 bridgehead atoms. The third kappa shape index (κ3) is 4.13. The zero-order valence-electron chi connectivity index (χ0n) is 17.1. The Morgan fingerprint density at radius 3 is 2.67 bits per heavy atom. The smallest absolute Gasteiger partial charge is 0.337 e. The molecule has 1 aromatic heterocycles. The number of aryl methyl sites for hydroxylation is 2. The van der Waals surface area contributed by atoms with E-state index in [1.807, 2.05) is 0 Å². The molecule has 3 aromatic rings. The van der Waals surface area contributed by atoms with Crippen LogP contribution in [0.5, 0.6) is 0 Å². The predicted octanol–water partition coefficient (Wildman–Crippen LogP) is 3.85. The molecule has 1 amide bonds. The maximum atomic E-state index is 12.3. The van der Waals surface area contributed by atoms with Crippen molar-refractivity contribution in [1.29, 1.82) is 0 Å². The number of esters is 1. The molecule has 30 heavy (non-hydrogen) atoms. The molecular formula is C24H25N3O3. The number of nitrogens with zero attached hydrogens (tertiary/aromatic N) is 2. The van der Waals surface area contributed by atoms with E-state index in [2.05, 4.69) is 44.1 Å². The second kappa shape index (κ2) is 8.95. The van der Waals surface area contributed by atoms with Crippen LogP contribution in [0.1, 0.15) is 46.4 Å². The lowest BCUT2D eigenvalue weighted by atomic mass is 9.95. The van der Waals surface area contributed by atoms with Gasteiger partial charge in [0.05, 0.1) is 18.9 Å². The Morgan fingerprint density at radius 1 is 1.10 bits per heavy atom. The summed E-state index contributed by atoms with van der Waals surface area (Å²) >= 11 is 0. The number of hydrazone groups is 1. The molecule has 0 radical (unpaired) electrons. The first kappa shape index (κ1) is 19.9. The minimum atomic E-state index is -0.383. The van der Waals surface area contributed by atoms with Crippen LogP contribution in [0, 0.1) is 0 Å². The third-order valence-corrected chi connectivity index (χ3v) is 5.58. The van der Waals surface area contributed by atoms with Gasteiger partial charge >= 0.3 is 5.97 Å². The van der Waals surface area contributed by atoms with E-state index in [0.29, 0.717) is 18.5 Å². The first-order chi connectivity index (χ1) is 14.7. The van der Waals surface area contributed by atoms with Gasteiger partial charge in [-0.15, -0.1) is 0 Å². The van der Waals surface area contributed by atoms with Crippen LogP contribution >= 0.6 is 0 Å². The number of para-hydroxylation sites is 1. The summed E-state index contributed by atoms with van der Waals surface area (Å²) in [6.45, 7) is 0.644. The second-order valence-corrected chi connectivity index (χ2v) is 7.46. The van der Waals surface area contributed by atoms with Crippen LogP contribution in [0.2, 0.25) is 0 Å². The summed E-state index contributed by atoms with van der Waals surface area (Å²) in [7, 11) is 1.35. The van der Waals surface area contributed by atoms with E-state index in [9.17, 15) is 9.59 Å². The fourth-order valence-electron chi connectivity index (χ4n) is 4.11. The van der Waals surface area contributed by atoms with E-state index in [1.165, 1.54) is 42.1 Å². The Balaban J connectivity index is 1.38. The van der Waals surface area contributed by atoms with Gasteiger partial charge in [0.25, 0.3) is 0 Å². The minimum absolute atomic E-state index is 0.125. The maximum Gasteiger partial charge on any atom is 0.337 e. The summed E-state index contributed by atoms with van der Waals surface area (Å²) in [5.41, 5.74) is 7.90. The monoisotopic (exact) mass is 403 g/mol. The zero-order chi connectivity index (χ0) is 20.9. The van der Waals surface area contributed by atoms with Gasteiger partial charge in [-0.05, 0) is 55.0 Å². The molecule has 1 N–H and O–H groups in total. The molecule has 0 spiro atoms. The predicted molar refractivity (Wildman–Crippen MR) is 117 cm³/mol. The Bertz CT molecular complexity index is 1100. The van der Waals surface area contributed by atoms with Crippen molar-refractivity contribution in [3.05, 3.63) is 70.9 Å². The van der Waals surface area contributed by atoms with Gasteiger partial charge in [0.1, 0.15) is 0 Å². The van der Waals surface area contributed by atoms with Crippen LogP contribution in [-0.2, 0) is 28.9 Å². The number of aromatic nitrogens is 1. The van der Waals surface area contributed by atoms with Crippen LogP contribution in [0.25, 0.3) is 10.9 Å². The molecule has 0 atom stereocenters. The highest BCUT2D eigenvalue weighted by molar-refractivity contribution is 5.91. The van der Waals surface area contributed by atoms with Crippen molar-refractivity contribution in [2.24, 2.45) is 5.10 Å². The molecule has 1 aliphatic carbocycles. The molecule has 0 saturated heterocycles. The average molecular weight is 403 g/mol. The van der Waals surface area contributed by atoms with E-state index >= 15 is 0 Å². The van der Waals surface area contributed by atoms with Gasteiger partial charge in [-0.1, -0.05) is 30.3 Å². The van der Waals surface area contributed by atoms with E-state index in [1.54, 1.807) is 30.5 Å². The normalized spacial score (nSPS) is 13.4. The Morgan fingerprint density at radius 2 is 1.87 bits per heavy atom. The topological polar surface area (TPSA) is 72.7 Å². The molecule has 6 heteroatoms. The number of methoxy groups -OCH3 is 1. The number of fused-ring (bicyclic) bond motifs is 3. The lowest BCUT2D eigenvalue weighted by Gasteiger charge is -2.15. The molecule has 0 unspecified atom stereocenters. The number of rotatable bonds is 6. The van der Waals surface area contributed by atoms with Crippen molar-refractivity contribution >= 4 is 29.0 Å². The first-order valence-electron chi connectivity index (χ1n) is 10.3. The van der Waals surface area contributed by atoms with Crippen molar-refractivity contribution in [1.82, 2.24) is 9.99 Å². The van der Waals surface area contributed by atoms with Crippen molar-refractivity contribution in [3.63, 3.8) is 0 Å². The standard InChI is InChI=1S/C24H25N3O3/c1-30-24(29)18-12-10-17(11-13-18)16-25-26-23(28)14-15-27-21-8-4-2-6-19(21)20-7-3-5-9-22(20)27/h2,4,6,8,10-13,16H,3,5,7,9,14-15H2,1H3,(H,26,28). The SMILES string of the molecule is COC(=O)c1ccc(C=NNC(=O)CCn2c3c(c4ccccc42)CCCC3)cc1. The van der Waals surface area contributed by atoms with Gasteiger partial charge in [-0.3, -0.25) is 4.79 Å². The third-order valence-electron chi connectivity index (χ3n) is 5.58. The number of nitrogens with one attached hydrogen (secondary N) is 1. The van der Waals surface area contributed by atoms with Gasteiger partial charge in [-0.25, -0.2) is 10.2 Å². The Kier molecular flexibility index (Phi) is 5.93. The van der Waals surface area contributed by atoms with Crippen molar-refractivity contribution in [2.45, 2.75) is 38.6 Å². The van der Waals surface area contributed by atoms with Crippen molar-refractivity contribution in [3.8, 4) is 0 Å². The van der Waals surface area contributed by atoms with Gasteiger partial charge in [-0.2, -0.15) is 5.10 Å². The molecule has 6 nitrogen and oxygen atoms in total. The fourth-order valence-corrected chi connectivity index (χ4v) is 4.11. The van der Waals surface area contributed by atoms with Crippen LogP contribution in [0.4, 0.5) is 0 Å². The number of ether oxygens (including phenoxy) is 1. The molecule has 154 valence electrons. The summed E-state index contributed by atoms with van der Waals surface area (Å²) < 4.78 is 6.98. The Hall–Kier alpha value is -3.41. The largest absolute Gasteiger partial charge is 0.465 e. The number of carbonyl (C=O) groups excluding carboxylic acids is 2. The van der Waals surface area contributed by atoms with Crippen LogP contribution in [0.3, 0.4) is 0 Å². The van der Waals surface area contributed by atoms with E-state index in [4.69, 9.17) is 0 Å². The second-order valence-electron chi connectivity index (χ2n) is 7.46. The first-order valence-corrected chi connectivity index (χ1v) is 10.3. The Labute approximate surface area is 175 Å². The molecule has 0 aliphatic heterocycles. The summed E-state index contributed by atoms with van der Waals surface area (Å²) in [6.07, 6.45) is 6.56. The molecule has 2 aromatic carbocycles. The summed E-state index contributed by atoms with van der Waals surface area (Å²) in [6, 6.07) is 15.3. The maximum absolute atomic E-state index is 12.3. The highest BCUT2D eigenvalue weighted by atomic mass is 16.5. The zero-order valence-corrected chi connectivity index (χ0v) is 17.1. The highest BCUT2D eigenvalue weighted by Crippen LogP contribution is 2.32. The number of hydrogen-bond acceptors (Lipinski definition) is 4. The average Bonchev–Trinajstić information content (AvgIpc) is 3.11. The molecule has 4 rings (SSSR count). The minimum Gasteiger partial charge on any atom is -0.465 e. The van der Waals surface area contributed by atoms with Crippen LogP contribution < -0.4 is 5.43 Å².